The summed E-state index contributed by atoms with van der Waals surface area (Å²) in [6.07, 6.45) is 0. The van der Waals surface area contributed by atoms with Crippen LogP contribution in [0.4, 0.5) is 5.00 Å². The minimum absolute atomic E-state index is 0.0269. The number of carboxylic acid groups (broad SMARTS) is 1. The van der Waals surface area contributed by atoms with Crippen molar-refractivity contribution < 1.29 is 19.5 Å². The molecular formula is C16H8N2O4S. The fourth-order valence-electron chi connectivity index (χ4n) is 2.60. The lowest BCUT2D eigenvalue weighted by Gasteiger charge is -2.10. The summed E-state index contributed by atoms with van der Waals surface area (Å²) in [5.74, 6) is -2.13. The normalized spacial score (nSPS) is 13.7. The Morgan fingerprint density at radius 3 is 2.57 bits per heavy atom. The molecule has 4 rings (SSSR count). The summed E-state index contributed by atoms with van der Waals surface area (Å²) >= 11 is 1.07. The maximum atomic E-state index is 12.6. The highest BCUT2D eigenvalue weighted by Gasteiger charge is 2.38. The molecule has 2 aromatic carbocycles. The lowest BCUT2D eigenvalue weighted by atomic mass is 10.1. The monoisotopic (exact) mass is 324 g/mol. The number of aromatic nitrogens is 1. The van der Waals surface area contributed by atoms with Crippen LogP contribution in [0.15, 0.2) is 42.5 Å². The zero-order valence-corrected chi connectivity index (χ0v) is 12.3. The van der Waals surface area contributed by atoms with E-state index in [0.29, 0.717) is 15.9 Å². The first-order valence-corrected chi connectivity index (χ1v) is 7.46. The van der Waals surface area contributed by atoms with Crippen LogP contribution in [0.5, 0.6) is 0 Å². The molecule has 1 aliphatic heterocycles. The van der Waals surface area contributed by atoms with Crippen LogP contribution in [0, 0.1) is 0 Å². The molecule has 0 saturated carbocycles. The first-order valence-electron chi connectivity index (χ1n) is 6.68. The highest BCUT2D eigenvalue weighted by atomic mass is 32.1. The largest absolute Gasteiger partial charge is 0.478 e. The highest BCUT2D eigenvalue weighted by Crippen LogP contribution is 2.36. The summed E-state index contributed by atoms with van der Waals surface area (Å²) in [7, 11) is 0. The number of carboxylic acids is 1. The van der Waals surface area contributed by atoms with Gasteiger partial charge in [-0.1, -0.05) is 12.1 Å². The SMILES string of the molecule is O=C(O)c1ccc2c(c1)C(=O)N(c1snc3ccccc13)C2=O. The standard InChI is InChI=1S/C16H8N2O4S/c19-13-9-6-5-8(16(21)22)7-11(9)14(20)18(13)15-10-3-1-2-4-12(10)17-23-15/h1-7H,(H,21,22). The molecule has 0 atom stereocenters. The second-order valence-corrected chi connectivity index (χ2v) is 5.77. The molecule has 1 aliphatic rings. The highest BCUT2D eigenvalue weighted by molar-refractivity contribution is 7.12. The molecule has 0 radical (unpaired) electrons. The third-order valence-electron chi connectivity index (χ3n) is 3.70. The predicted octanol–water partition coefficient (Wildman–Crippen LogP) is 2.80. The minimum atomic E-state index is -1.14. The van der Waals surface area contributed by atoms with Crippen molar-refractivity contribution in [3.8, 4) is 0 Å². The van der Waals surface area contributed by atoms with Crippen LogP contribution >= 0.6 is 11.5 Å². The molecule has 6 nitrogen and oxygen atoms in total. The molecule has 0 unspecified atom stereocenters. The van der Waals surface area contributed by atoms with Gasteiger partial charge in [-0.25, -0.2) is 9.69 Å². The van der Waals surface area contributed by atoms with Crippen LogP contribution in [0.25, 0.3) is 10.9 Å². The average molecular weight is 324 g/mol. The Morgan fingerprint density at radius 1 is 1.04 bits per heavy atom. The summed E-state index contributed by atoms with van der Waals surface area (Å²) in [6, 6.07) is 11.2. The van der Waals surface area contributed by atoms with Gasteiger partial charge in [0.25, 0.3) is 11.8 Å². The third kappa shape index (κ3) is 1.87. The fourth-order valence-corrected chi connectivity index (χ4v) is 3.46. The number of hydrogen-bond donors (Lipinski definition) is 1. The quantitative estimate of drug-likeness (QED) is 0.732. The van der Waals surface area contributed by atoms with Crippen LogP contribution in [-0.2, 0) is 0 Å². The lowest BCUT2D eigenvalue weighted by Crippen LogP contribution is -2.28. The molecule has 1 N–H and O–H groups in total. The maximum absolute atomic E-state index is 12.6. The van der Waals surface area contributed by atoms with E-state index in [1.807, 2.05) is 6.07 Å². The predicted molar refractivity (Wildman–Crippen MR) is 84.2 cm³/mol. The number of amides is 2. The summed E-state index contributed by atoms with van der Waals surface area (Å²) in [4.78, 5) is 37.3. The molecule has 0 saturated heterocycles. The van der Waals surface area contributed by atoms with Crippen molar-refractivity contribution in [3.05, 3.63) is 59.2 Å². The zero-order valence-electron chi connectivity index (χ0n) is 11.5. The molecule has 3 aromatic rings. The zero-order chi connectivity index (χ0) is 16.1. The van der Waals surface area contributed by atoms with Gasteiger partial charge in [-0.05, 0) is 41.9 Å². The van der Waals surface area contributed by atoms with Crippen molar-refractivity contribution in [2.24, 2.45) is 0 Å². The van der Waals surface area contributed by atoms with Gasteiger partial charge in [0.05, 0.1) is 22.2 Å². The second kappa shape index (κ2) is 4.72. The summed E-state index contributed by atoms with van der Waals surface area (Å²) < 4.78 is 4.24. The summed E-state index contributed by atoms with van der Waals surface area (Å²) in [5.41, 5.74) is 0.987. The van der Waals surface area contributed by atoms with E-state index in [9.17, 15) is 14.4 Å². The van der Waals surface area contributed by atoms with Gasteiger partial charge in [-0.3, -0.25) is 9.59 Å². The van der Waals surface area contributed by atoms with Gasteiger partial charge in [-0.2, -0.15) is 4.37 Å². The van der Waals surface area contributed by atoms with Crippen molar-refractivity contribution >= 4 is 45.2 Å². The number of carbonyl (C=O) groups is 3. The smallest absolute Gasteiger partial charge is 0.335 e. The topological polar surface area (TPSA) is 87.6 Å². The maximum Gasteiger partial charge on any atom is 0.335 e. The van der Waals surface area contributed by atoms with Crippen LogP contribution in [0.2, 0.25) is 0 Å². The molecule has 0 aliphatic carbocycles. The number of hydrogen-bond acceptors (Lipinski definition) is 5. The van der Waals surface area contributed by atoms with E-state index in [0.717, 1.165) is 16.4 Å². The number of imide groups is 1. The Hall–Kier alpha value is -3.06. The Labute approximate surface area is 133 Å². The van der Waals surface area contributed by atoms with Crippen molar-refractivity contribution in [2.45, 2.75) is 0 Å². The number of benzene rings is 2. The van der Waals surface area contributed by atoms with Crippen LogP contribution < -0.4 is 4.90 Å². The third-order valence-corrected chi connectivity index (χ3v) is 4.56. The average Bonchev–Trinajstić information content (AvgIpc) is 3.07. The van der Waals surface area contributed by atoms with Gasteiger partial charge >= 0.3 is 5.97 Å². The molecule has 0 spiro atoms. The molecule has 7 heteroatoms. The van der Waals surface area contributed by atoms with Gasteiger partial charge in [0.15, 0.2) is 0 Å². The van der Waals surface area contributed by atoms with Gasteiger partial charge in [0, 0.05) is 5.39 Å². The van der Waals surface area contributed by atoms with Crippen molar-refractivity contribution in [3.63, 3.8) is 0 Å². The van der Waals surface area contributed by atoms with E-state index in [4.69, 9.17) is 5.11 Å². The van der Waals surface area contributed by atoms with E-state index in [-0.39, 0.29) is 16.7 Å². The number of nitrogens with zero attached hydrogens (tertiary/aromatic N) is 2. The Balaban J connectivity index is 1.87. The van der Waals surface area contributed by atoms with Crippen LogP contribution in [0.3, 0.4) is 0 Å². The Morgan fingerprint density at radius 2 is 1.78 bits per heavy atom. The Bertz CT molecular complexity index is 1010. The molecule has 2 amide bonds. The first kappa shape index (κ1) is 13.6. The lowest BCUT2D eigenvalue weighted by molar-refractivity contribution is 0.0696. The van der Waals surface area contributed by atoms with E-state index < -0.39 is 17.8 Å². The molecular weight excluding hydrogens is 316 g/mol. The number of rotatable bonds is 2. The minimum Gasteiger partial charge on any atom is -0.478 e. The van der Waals surface area contributed by atoms with Gasteiger partial charge in [-0.15, -0.1) is 0 Å². The Kier molecular flexibility index (Phi) is 2.79. The second-order valence-electron chi connectivity index (χ2n) is 5.02. The first-order chi connectivity index (χ1) is 11.1. The number of fused-ring (bicyclic) bond motifs is 2. The molecule has 0 fully saturated rings. The number of aromatic carboxylic acids is 1. The molecule has 0 bridgehead atoms. The van der Waals surface area contributed by atoms with Crippen LogP contribution in [0.1, 0.15) is 31.1 Å². The summed E-state index contributed by atoms with van der Waals surface area (Å²) in [6.45, 7) is 0. The molecule has 2 heterocycles. The molecule has 23 heavy (non-hydrogen) atoms. The van der Waals surface area contributed by atoms with E-state index in [1.54, 1.807) is 18.2 Å². The van der Waals surface area contributed by atoms with E-state index >= 15 is 0 Å². The fraction of sp³-hybridized carbons (Fsp3) is 0. The van der Waals surface area contributed by atoms with Gasteiger partial charge < -0.3 is 5.11 Å². The van der Waals surface area contributed by atoms with E-state index in [1.165, 1.54) is 18.2 Å². The van der Waals surface area contributed by atoms with Gasteiger partial charge in [0.1, 0.15) is 5.00 Å². The van der Waals surface area contributed by atoms with Gasteiger partial charge in [0.2, 0.25) is 0 Å². The van der Waals surface area contributed by atoms with Crippen molar-refractivity contribution in [2.75, 3.05) is 4.90 Å². The molecule has 112 valence electrons. The van der Waals surface area contributed by atoms with Crippen molar-refractivity contribution in [1.29, 1.82) is 0 Å². The molecule has 1 aromatic heterocycles. The number of anilines is 1. The van der Waals surface area contributed by atoms with Crippen LogP contribution in [-0.4, -0.2) is 27.3 Å². The van der Waals surface area contributed by atoms with Crippen molar-refractivity contribution in [1.82, 2.24) is 4.37 Å². The van der Waals surface area contributed by atoms with E-state index in [2.05, 4.69) is 4.37 Å². The summed E-state index contributed by atoms with van der Waals surface area (Å²) in [5, 5.41) is 10.2. The number of carbonyl (C=O) groups excluding carboxylic acids is 2.